The second kappa shape index (κ2) is 6.27. The molecule has 0 spiro atoms. The molecule has 18 heavy (non-hydrogen) atoms. The van der Waals surface area contributed by atoms with E-state index in [1.165, 1.54) is 11.1 Å². The standard InChI is InChI=1S/C14H15N3S/c1-12-4-2-5-13(10-12)11-17-8-7-16-14(17)18-9-3-6-15/h2,4-5,7-8,10H,3,9,11H2,1H3. The van der Waals surface area contributed by atoms with E-state index in [4.69, 9.17) is 5.26 Å². The molecule has 3 nitrogen and oxygen atoms in total. The first-order valence-corrected chi connectivity index (χ1v) is 6.84. The van der Waals surface area contributed by atoms with Crippen LogP contribution in [0.2, 0.25) is 0 Å². The van der Waals surface area contributed by atoms with Gasteiger partial charge in [0.25, 0.3) is 0 Å². The van der Waals surface area contributed by atoms with E-state index in [-0.39, 0.29) is 0 Å². The van der Waals surface area contributed by atoms with Crippen molar-refractivity contribution in [2.24, 2.45) is 0 Å². The number of aromatic nitrogens is 2. The summed E-state index contributed by atoms with van der Waals surface area (Å²) < 4.78 is 2.12. The van der Waals surface area contributed by atoms with Crippen molar-refractivity contribution in [3.8, 4) is 6.07 Å². The van der Waals surface area contributed by atoms with E-state index in [0.717, 1.165) is 17.5 Å². The van der Waals surface area contributed by atoms with Gasteiger partial charge in [0, 0.05) is 31.1 Å². The summed E-state index contributed by atoms with van der Waals surface area (Å²) in [4.78, 5) is 4.32. The molecule has 0 saturated heterocycles. The van der Waals surface area contributed by atoms with Crippen LogP contribution in [0.4, 0.5) is 0 Å². The average Bonchev–Trinajstić information content (AvgIpc) is 2.77. The summed E-state index contributed by atoms with van der Waals surface area (Å²) in [6, 6.07) is 10.6. The minimum Gasteiger partial charge on any atom is -0.322 e. The summed E-state index contributed by atoms with van der Waals surface area (Å²) in [7, 11) is 0. The average molecular weight is 257 g/mol. The topological polar surface area (TPSA) is 41.6 Å². The van der Waals surface area contributed by atoms with E-state index in [0.29, 0.717) is 6.42 Å². The van der Waals surface area contributed by atoms with Crippen LogP contribution in [-0.2, 0) is 6.54 Å². The normalized spacial score (nSPS) is 10.2. The largest absolute Gasteiger partial charge is 0.322 e. The van der Waals surface area contributed by atoms with E-state index in [2.05, 4.69) is 46.8 Å². The number of imidazole rings is 1. The molecular formula is C14H15N3S. The van der Waals surface area contributed by atoms with E-state index in [1.54, 1.807) is 11.8 Å². The fourth-order valence-electron chi connectivity index (χ4n) is 1.75. The Kier molecular flexibility index (Phi) is 4.43. The highest BCUT2D eigenvalue weighted by molar-refractivity contribution is 7.99. The van der Waals surface area contributed by atoms with Crippen LogP contribution in [0.5, 0.6) is 0 Å². The van der Waals surface area contributed by atoms with Gasteiger partial charge in [-0.3, -0.25) is 0 Å². The molecule has 2 rings (SSSR count). The molecule has 0 bridgehead atoms. The van der Waals surface area contributed by atoms with Crippen LogP contribution in [0.25, 0.3) is 0 Å². The van der Waals surface area contributed by atoms with Gasteiger partial charge in [0.05, 0.1) is 6.07 Å². The maximum Gasteiger partial charge on any atom is 0.168 e. The van der Waals surface area contributed by atoms with Crippen LogP contribution in [-0.4, -0.2) is 15.3 Å². The molecule has 1 heterocycles. The quantitative estimate of drug-likeness (QED) is 0.610. The van der Waals surface area contributed by atoms with Crippen molar-refractivity contribution in [3.05, 3.63) is 47.8 Å². The Balaban J connectivity index is 2.05. The molecule has 1 aromatic carbocycles. The molecule has 1 aromatic heterocycles. The lowest BCUT2D eigenvalue weighted by molar-refractivity contribution is 0.708. The summed E-state index contributed by atoms with van der Waals surface area (Å²) >= 11 is 1.63. The van der Waals surface area contributed by atoms with Gasteiger partial charge in [-0.1, -0.05) is 41.6 Å². The Morgan fingerprint density at radius 2 is 2.33 bits per heavy atom. The van der Waals surface area contributed by atoms with Crippen molar-refractivity contribution in [3.63, 3.8) is 0 Å². The molecule has 0 atom stereocenters. The number of nitriles is 1. The van der Waals surface area contributed by atoms with Gasteiger partial charge in [-0.2, -0.15) is 5.26 Å². The molecule has 0 radical (unpaired) electrons. The Morgan fingerprint density at radius 1 is 1.44 bits per heavy atom. The minimum atomic E-state index is 0.558. The minimum absolute atomic E-state index is 0.558. The van der Waals surface area contributed by atoms with Crippen LogP contribution >= 0.6 is 11.8 Å². The lowest BCUT2D eigenvalue weighted by Crippen LogP contribution is -2.00. The SMILES string of the molecule is Cc1cccc(Cn2ccnc2SCCC#N)c1. The van der Waals surface area contributed by atoms with Gasteiger partial charge in [0.1, 0.15) is 0 Å². The number of rotatable bonds is 5. The molecule has 0 aliphatic carbocycles. The number of aryl methyl sites for hydroxylation is 1. The number of nitrogens with zero attached hydrogens (tertiary/aromatic N) is 3. The highest BCUT2D eigenvalue weighted by Crippen LogP contribution is 2.18. The van der Waals surface area contributed by atoms with Crippen LogP contribution < -0.4 is 0 Å². The monoisotopic (exact) mass is 257 g/mol. The summed E-state index contributed by atoms with van der Waals surface area (Å²) in [6.07, 6.45) is 4.35. The van der Waals surface area contributed by atoms with Crippen molar-refractivity contribution in [1.82, 2.24) is 9.55 Å². The lowest BCUT2D eigenvalue weighted by Gasteiger charge is -2.07. The molecule has 0 fully saturated rings. The summed E-state index contributed by atoms with van der Waals surface area (Å²) in [5.41, 5.74) is 2.54. The fourth-order valence-corrected chi connectivity index (χ4v) is 2.55. The highest BCUT2D eigenvalue weighted by atomic mass is 32.2. The van der Waals surface area contributed by atoms with E-state index < -0.39 is 0 Å². The Hall–Kier alpha value is -1.73. The van der Waals surface area contributed by atoms with Crippen molar-refractivity contribution in [2.45, 2.75) is 25.0 Å². The van der Waals surface area contributed by atoms with Crippen molar-refractivity contribution in [1.29, 1.82) is 5.26 Å². The molecule has 0 aliphatic heterocycles. The Bertz CT molecular complexity index is 554. The molecule has 0 amide bonds. The molecule has 4 heteroatoms. The van der Waals surface area contributed by atoms with Gasteiger partial charge in [0.2, 0.25) is 0 Å². The van der Waals surface area contributed by atoms with E-state index >= 15 is 0 Å². The Morgan fingerprint density at radius 3 is 3.11 bits per heavy atom. The van der Waals surface area contributed by atoms with Gasteiger partial charge in [-0.25, -0.2) is 4.98 Å². The summed E-state index contributed by atoms with van der Waals surface area (Å²) in [5.74, 6) is 0.793. The summed E-state index contributed by atoms with van der Waals surface area (Å²) in [6.45, 7) is 2.93. The number of benzene rings is 1. The lowest BCUT2D eigenvalue weighted by atomic mass is 10.1. The third kappa shape index (κ3) is 3.38. The maximum atomic E-state index is 8.54. The molecule has 92 valence electrons. The van der Waals surface area contributed by atoms with Crippen molar-refractivity contribution < 1.29 is 0 Å². The molecule has 0 aliphatic rings. The fraction of sp³-hybridized carbons (Fsp3) is 0.286. The van der Waals surface area contributed by atoms with Gasteiger partial charge < -0.3 is 4.57 Å². The van der Waals surface area contributed by atoms with Gasteiger partial charge in [0.15, 0.2) is 5.16 Å². The first kappa shape index (κ1) is 12.7. The zero-order valence-corrected chi connectivity index (χ0v) is 11.2. The van der Waals surface area contributed by atoms with Gasteiger partial charge in [-0.15, -0.1) is 0 Å². The second-order valence-corrected chi connectivity index (χ2v) is 5.15. The maximum absolute atomic E-state index is 8.54. The predicted octanol–water partition coefficient (Wildman–Crippen LogP) is 3.25. The van der Waals surface area contributed by atoms with Gasteiger partial charge >= 0.3 is 0 Å². The van der Waals surface area contributed by atoms with Crippen LogP contribution in [0.3, 0.4) is 0 Å². The van der Waals surface area contributed by atoms with Crippen LogP contribution in [0, 0.1) is 18.3 Å². The number of hydrogen-bond acceptors (Lipinski definition) is 3. The molecular weight excluding hydrogens is 242 g/mol. The smallest absolute Gasteiger partial charge is 0.168 e. The summed E-state index contributed by atoms with van der Waals surface area (Å²) in [5, 5.41) is 9.52. The third-order valence-corrected chi connectivity index (χ3v) is 3.56. The second-order valence-electron chi connectivity index (χ2n) is 4.08. The van der Waals surface area contributed by atoms with E-state index in [1.807, 2.05) is 12.4 Å². The van der Waals surface area contributed by atoms with Gasteiger partial charge in [-0.05, 0) is 12.5 Å². The molecule has 2 aromatic rings. The molecule has 0 N–H and O–H groups in total. The highest BCUT2D eigenvalue weighted by Gasteiger charge is 2.04. The zero-order valence-electron chi connectivity index (χ0n) is 10.3. The molecule has 0 saturated carbocycles. The molecule has 0 unspecified atom stereocenters. The third-order valence-electron chi connectivity index (χ3n) is 2.56. The van der Waals surface area contributed by atoms with Crippen molar-refractivity contribution in [2.75, 3.05) is 5.75 Å². The first-order valence-electron chi connectivity index (χ1n) is 5.86. The predicted molar refractivity (Wildman–Crippen MR) is 73.5 cm³/mol. The number of thioether (sulfide) groups is 1. The van der Waals surface area contributed by atoms with E-state index in [9.17, 15) is 0 Å². The zero-order chi connectivity index (χ0) is 12.8. The number of hydrogen-bond donors (Lipinski definition) is 0. The van der Waals surface area contributed by atoms with Crippen molar-refractivity contribution >= 4 is 11.8 Å². The first-order chi connectivity index (χ1) is 8.79. The Labute approximate surface area is 111 Å². The van der Waals surface area contributed by atoms with Crippen LogP contribution in [0.1, 0.15) is 17.5 Å². The van der Waals surface area contributed by atoms with Crippen LogP contribution in [0.15, 0.2) is 41.8 Å².